The summed E-state index contributed by atoms with van der Waals surface area (Å²) in [5.74, 6) is 6.00. The van der Waals surface area contributed by atoms with Crippen LogP contribution in [0.4, 0.5) is 19.0 Å². The molecule has 7 nitrogen and oxygen atoms in total. The molecule has 1 aromatic carbocycles. The van der Waals surface area contributed by atoms with Gasteiger partial charge in [0, 0.05) is 30.9 Å². The number of carbonyl (C=O) groups excluding carboxylic acids is 1. The Hall–Kier alpha value is -3.14. The zero-order chi connectivity index (χ0) is 21.3. The molecule has 154 valence electrons. The molecule has 0 bridgehead atoms. The smallest absolute Gasteiger partial charge is 0.399 e. The molecule has 4 N–H and O–H groups in total. The van der Waals surface area contributed by atoms with Crippen LogP contribution in [0.1, 0.15) is 34.8 Å². The van der Waals surface area contributed by atoms with E-state index in [1.165, 1.54) is 47.6 Å². The van der Waals surface area contributed by atoms with Gasteiger partial charge in [0.2, 0.25) is 0 Å². The Morgan fingerprint density at radius 2 is 2.03 bits per heavy atom. The van der Waals surface area contributed by atoms with Gasteiger partial charge in [-0.05, 0) is 31.5 Å². The SMILES string of the molecule is Cc1c(C(=O)N2CCC(N(N)c3cnccn3)=C(N)C2C)cccc1C(F)(F)F. The lowest BCUT2D eigenvalue weighted by Crippen LogP contribution is -2.49. The third-order valence-electron chi connectivity index (χ3n) is 5.06. The molecule has 0 fully saturated rings. The van der Waals surface area contributed by atoms with Crippen molar-refractivity contribution < 1.29 is 18.0 Å². The molecule has 1 atom stereocenters. The molecule has 2 aromatic rings. The van der Waals surface area contributed by atoms with Gasteiger partial charge in [-0.1, -0.05) is 6.07 Å². The number of nitrogens with two attached hydrogens (primary N) is 2. The molecule has 10 heteroatoms. The third kappa shape index (κ3) is 3.88. The van der Waals surface area contributed by atoms with E-state index in [-0.39, 0.29) is 17.7 Å². The van der Waals surface area contributed by atoms with Gasteiger partial charge in [0.1, 0.15) is 0 Å². The van der Waals surface area contributed by atoms with Crippen molar-refractivity contribution in [3.05, 3.63) is 64.9 Å². The summed E-state index contributed by atoms with van der Waals surface area (Å²) in [5, 5.41) is 1.32. The molecule has 3 rings (SSSR count). The molecule has 0 saturated carbocycles. The van der Waals surface area contributed by atoms with Gasteiger partial charge in [0.05, 0.1) is 29.2 Å². The highest BCUT2D eigenvalue weighted by molar-refractivity contribution is 5.96. The lowest BCUT2D eigenvalue weighted by atomic mass is 9.98. The van der Waals surface area contributed by atoms with Crippen LogP contribution in [0.15, 0.2) is 48.2 Å². The fraction of sp³-hybridized carbons (Fsp3) is 0.316. The highest BCUT2D eigenvalue weighted by atomic mass is 19.4. The molecular weight excluding hydrogens is 385 g/mol. The van der Waals surface area contributed by atoms with Crippen molar-refractivity contribution in [3.63, 3.8) is 0 Å². The Balaban J connectivity index is 1.90. The van der Waals surface area contributed by atoms with Crippen LogP contribution < -0.4 is 16.6 Å². The summed E-state index contributed by atoms with van der Waals surface area (Å²) in [4.78, 5) is 22.5. The van der Waals surface area contributed by atoms with Crippen LogP contribution in [0.3, 0.4) is 0 Å². The van der Waals surface area contributed by atoms with Gasteiger partial charge in [0.15, 0.2) is 5.82 Å². The predicted octanol–water partition coefficient (Wildman–Crippen LogP) is 2.59. The second-order valence-corrected chi connectivity index (χ2v) is 6.74. The number of rotatable bonds is 3. The minimum absolute atomic E-state index is 0.00135. The van der Waals surface area contributed by atoms with Crippen LogP contribution in [0.2, 0.25) is 0 Å². The van der Waals surface area contributed by atoms with E-state index >= 15 is 0 Å². The average Bonchev–Trinajstić information content (AvgIpc) is 2.69. The van der Waals surface area contributed by atoms with Crippen molar-refractivity contribution in [2.75, 3.05) is 11.6 Å². The summed E-state index contributed by atoms with van der Waals surface area (Å²) in [6.45, 7) is 3.25. The van der Waals surface area contributed by atoms with Crippen molar-refractivity contribution in [1.29, 1.82) is 0 Å². The van der Waals surface area contributed by atoms with Crippen molar-refractivity contribution in [1.82, 2.24) is 14.9 Å². The van der Waals surface area contributed by atoms with E-state index in [1.807, 2.05) is 0 Å². The maximum absolute atomic E-state index is 13.2. The number of hydrazine groups is 1. The molecule has 0 radical (unpaired) electrons. The van der Waals surface area contributed by atoms with Crippen LogP contribution in [-0.4, -0.2) is 33.4 Å². The number of carbonyl (C=O) groups is 1. The molecule has 1 aromatic heterocycles. The highest BCUT2D eigenvalue weighted by Gasteiger charge is 2.36. The van der Waals surface area contributed by atoms with Gasteiger partial charge in [0.25, 0.3) is 5.91 Å². The van der Waals surface area contributed by atoms with Gasteiger partial charge in [-0.3, -0.25) is 14.8 Å². The minimum Gasteiger partial charge on any atom is -0.399 e. The van der Waals surface area contributed by atoms with Crippen molar-refractivity contribution in [2.24, 2.45) is 11.6 Å². The van der Waals surface area contributed by atoms with Crippen LogP contribution >= 0.6 is 0 Å². The quantitative estimate of drug-likeness (QED) is 0.600. The molecule has 1 unspecified atom stereocenters. The van der Waals surface area contributed by atoms with E-state index in [2.05, 4.69) is 9.97 Å². The Morgan fingerprint density at radius 3 is 2.66 bits per heavy atom. The number of halogens is 3. The first kappa shape index (κ1) is 20.6. The number of aromatic nitrogens is 2. The minimum atomic E-state index is -4.53. The number of hydrogen-bond acceptors (Lipinski definition) is 6. The molecule has 29 heavy (non-hydrogen) atoms. The Labute approximate surface area is 165 Å². The zero-order valence-corrected chi connectivity index (χ0v) is 15.9. The van der Waals surface area contributed by atoms with E-state index in [4.69, 9.17) is 11.6 Å². The van der Waals surface area contributed by atoms with Crippen molar-refractivity contribution in [2.45, 2.75) is 32.5 Å². The molecule has 0 spiro atoms. The van der Waals surface area contributed by atoms with Crippen LogP contribution in [-0.2, 0) is 6.18 Å². The molecule has 1 aliphatic heterocycles. The second kappa shape index (κ2) is 7.70. The first-order chi connectivity index (χ1) is 13.6. The number of amides is 1. The van der Waals surface area contributed by atoms with Gasteiger partial charge in [-0.25, -0.2) is 10.8 Å². The summed E-state index contributed by atoms with van der Waals surface area (Å²) in [6.07, 6.45) is 0.277. The Morgan fingerprint density at radius 1 is 1.31 bits per heavy atom. The largest absolute Gasteiger partial charge is 0.416 e. The van der Waals surface area contributed by atoms with Crippen LogP contribution in [0.5, 0.6) is 0 Å². The first-order valence-corrected chi connectivity index (χ1v) is 8.90. The predicted molar refractivity (Wildman–Crippen MR) is 101 cm³/mol. The standard InChI is InChI=1S/C19H21F3N6O/c1-11-13(4-3-5-14(11)19(20,21)22)18(29)27-9-6-15(17(23)12(27)2)28(24)16-10-25-7-8-26-16/h3-5,7-8,10,12H,6,9,23-24H2,1-2H3. The fourth-order valence-corrected chi connectivity index (χ4v) is 3.39. The summed E-state index contributed by atoms with van der Waals surface area (Å²) in [6, 6.07) is 3.04. The lowest BCUT2D eigenvalue weighted by molar-refractivity contribution is -0.138. The molecule has 0 aliphatic carbocycles. The number of benzene rings is 1. The van der Waals surface area contributed by atoms with Crippen molar-refractivity contribution in [3.8, 4) is 0 Å². The summed E-state index contributed by atoms with van der Waals surface area (Å²) < 4.78 is 39.6. The second-order valence-electron chi connectivity index (χ2n) is 6.74. The van der Waals surface area contributed by atoms with Crippen LogP contribution in [0, 0.1) is 6.92 Å². The van der Waals surface area contributed by atoms with E-state index in [9.17, 15) is 18.0 Å². The van der Waals surface area contributed by atoms with E-state index in [0.29, 0.717) is 23.6 Å². The van der Waals surface area contributed by atoms with E-state index < -0.39 is 23.7 Å². The molecule has 0 saturated heterocycles. The van der Waals surface area contributed by atoms with Gasteiger partial charge >= 0.3 is 6.18 Å². The summed E-state index contributed by atoms with van der Waals surface area (Å²) in [7, 11) is 0. The molecule has 2 heterocycles. The number of alkyl halides is 3. The molecule has 1 amide bonds. The van der Waals surface area contributed by atoms with Crippen molar-refractivity contribution >= 4 is 11.7 Å². The first-order valence-electron chi connectivity index (χ1n) is 8.90. The highest BCUT2D eigenvalue weighted by Crippen LogP contribution is 2.34. The lowest BCUT2D eigenvalue weighted by Gasteiger charge is -2.38. The van der Waals surface area contributed by atoms with Gasteiger partial charge in [-0.15, -0.1) is 0 Å². The summed E-state index contributed by atoms with van der Waals surface area (Å²) in [5.41, 5.74) is 6.24. The maximum atomic E-state index is 13.2. The Bertz CT molecular complexity index is 945. The monoisotopic (exact) mass is 406 g/mol. The third-order valence-corrected chi connectivity index (χ3v) is 5.06. The number of hydrogen-bond donors (Lipinski definition) is 2. The average molecular weight is 406 g/mol. The topological polar surface area (TPSA) is 101 Å². The van der Waals surface area contributed by atoms with Gasteiger partial charge < -0.3 is 10.6 Å². The maximum Gasteiger partial charge on any atom is 0.416 e. The number of anilines is 1. The van der Waals surface area contributed by atoms with E-state index in [1.54, 1.807) is 6.92 Å². The van der Waals surface area contributed by atoms with Gasteiger partial charge in [-0.2, -0.15) is 13.2 Å². The summed E-state index contributed by atoms with van der Waals surface area (Å²) >= 11 is 0. The molecular formula is C19H21F3N6O. The fourth-order valence-electron chi connectivity index (χ4n) is 3.39. The number of nitrogens with zero attached hydrogens (tertiary/aromatic N) is 4. The zero-order valence-electron chi connectivity index (χ0n) is 15.9. The van der Waals surface area contributed by atoms with Crippen LogP contribution in [0.25, 0.3) is 0 Å². The molecule has 1 aliphatic rings. The Kier molecular flexibility index (Phi) is 5.47. The van der Waals surface area contributed by atoms with E-state index in [0.717, 1.165) is 6.07 Å². The normalized spacial score (nSPS) is 17.4.